The fraction of sp³-hybridized carbons (Fsp3) is 0.364. The van der Waals surface area contributed by atoms with Crippen molar-refractivity contribution in [3.8, 4) is 5.75 Å². The average molecular weight is 239 g/mol. The highest BCUT2D eigenvalue weighted by atomic mass is 32.2. The van der Waals surface area contributed by atoms with E-state index < -0.39 is 10.8 Å². The summed E-state index contributed by atoms with van der Waals surface area (Å²) in [7, 11) is 1.57. The Morgan fingerprint density at radius 2 is 2.44 bits per heavy atom. The van der Waals surface area contributed by atoms with Crippen molar-refractivity contribution in [2.75, 3.05) is 19.4 Å². The zero-order chi connectivity index (χ0) is 11.6. The summed E-state index contributed by atoms with van der Waals surface area (Å²) in [5.74, 6) is 0.611. The second-order valence-electron chi connectivity index (χ2n) is 3.49. The molecule has 1 fully saturated rings. The highest BCUT2D eigenvalue weighted by Gasteiger charge is 2.44. The average Bonchev–Trinajstić information content (AvgIpc) is 2.79. The molecule has 86 valence electrons. The van der Waals surface area contributed by atoms with E-state index in [2.05, 4.69) is 5.32 Å². The molecule has 0 aromatic heterocycles. The molecule has 0 radical (unpaired) electrons. The zero-order valence-corrected chi connectivity index (χ0v) is 9.71. The van der Waals surface area contributed by atoms with Crippen LogP contribution in [0.15, 0.2) is 24.3 Å². The predicted molar refractivity (Wildman–Crippen MR) is 62.8 cm³/mol. The summed E-state index contributed by atoms with van der Waals surface area (Å²) in [4.78, 5) is 10.4. The molecule has 4 nitrogen and oxygen atoms in total. The van der Waals surface area contributed by atoms with Crippen molar-refractivity contribution >= 4 is 17.7 Å². The molecule has 1 aliphatic rings. The SMILES string of the molecule is COc1cccc(C2(C(=O)O)NCCS2)c1. The number of carboxylic acid groups (broad SMARTS) is 1. The number of carboxylic acids is 1. The molecule has 2 rings (SSSR count). The number of carbonyl (C=O) groups is 1. The standard InChI is InChI=1S/C11H13NO3S/c1-15-9-4-2-3-8(7-9)11(10(13)14)12-5-6-16-11/h2-4,7,12H,5-6H2,1H3,(H,13,14). The third-order valence-corrected chi connectivity index (χ3v) is 3.97. The van der Waals surface area contributed by atoms with Crippen LogP contribution in [0.2, 0.25) is 0 Å². The van der Waals surface area contributed by atoms with Gasteiger partial charge in [-0.05, 0) is 17.7 Å². The molecule has 2 N–H and O–H groups in total. The molecular formula is C11H13NO3S. The van der Waals surface area contributed by atoms with Gasteiger partial charge in [-0.3, -0.25) is 5.32 Å². The first-order valence-electron chi connectivity index (χ1n) is 4.96. The Kier molecular flexibility index (Phi) is 3.07. The van der Waals surface area contributed by atoms with E-state index in [9.17, 15) is 9.90 Å². The second-order valence-corrected chi connectivity index (χ2v) is 4.80. The zero-order valence-electron chi connectivity index (χ0n) is 8.90. The number of rotatable bonds is 3. The van der Waals surface area contributed by atoms with E-state index in [0.29, 0.717) is 12.3 Å². The maximum atomic E-state index is 11.4. The van der Waals surface area contributed by atoms with Crippen LogP contribution in [-0.2, 0) is 9.67 Å². The number of hydrogen-bond donors (Lipinski definition) is 2. The quantitative estimate of drug-likeness (QED) is 0.832. The Morgan fingerprint density at radius 3 is 3.00 bits per heavy atom. The molecule has 1 aliphatic heterocycles. The normalized spacial score (nSPS) is 24.3. The number of methoxy groups -OCH3 is 1. The van der Waals surface area contributed by atoms with Crippen LogP contribution in [0.4, 0.5) is 0 Å². The Balaban J connectivity index is 2.43. The minimum absolute atomic E-state index is 0.674. The Morgan fingerprint density at radius 1 is 1.62 bits per heavy atom. The third kappa shape index (κ3) is 1.76. The molecule has 0 aliphatic carbocycles. The first-order valence-corrected chi connectivity index (χ1v) is 5.94. The maximum Gasteiger partial charge on any atom is 0.339 e. The summed E-state index contributed by atoms with van der Waals surface area (Å²) in [6.45, 7) is 0.703. The maximum absolute atomic E-state index is 11.4. The Labute approximate surface area is 98.0 Å². The number of hydrogen-bond acceptors (Lipinski definition) is 4. The van der Waals surface area contributed by atoms with Crippen LogP contribution in [0.25, 0.3) is 0 Å². The number of aliphatic carboxylic acids is 1. The van der Waals surface area contributed by atoms with Crippen LogP contribution >= 0.6 is 11.8 Å². The van der Waals surface area contributed by atoms with E-state index in [1.165, 1.54) is 11.8 Å². The van der Waals surface area contributed by atoms with Gasteiger partial charge in [-0.2, -0.15) is 0 Å². The van der Waals surface area contributed by atoms with E-state index in [0.717, 1.165) is 11.3 Å². The molecule has 1 heterocycles. The number of benzene rings is 1. The number of ether oxygens (including phenoxy) is 1. The molecule has 1 atom stereocenters. The minimum atomic E-state index is -1.02. The van der Waals surface area contributed by atoms with Crippen LogP contribution in [0.3, 0.4) is 0 Å². The monoisotopic (exact) mass is 239 g/mol. The van der Waals surface area contributed by atoms with Gasteiger partial charge in [-0.15, -0.1) is 11.8 Å². The van der Waals surface area contributed by atoms with Crippen LogP contribution in [0.1, 0.15) is 5.56 Å². The molecule has 1 unspecified atom stereocenters. The van der Waals surface area contributed by atoms with E-state index in [4.69, 9.17) is 4.74 Å². The van der Waals surface area contributed by atoms with Crippen molar-refractivity contribution in [2.45, 2.75) is 4.87 Å². The van der Waals surface area contributed by atoms with Crippen molar-refractivity contribution in [3.63, 3.8) is 0 Å². The van der Waals surface area contributed by atoms with Crippen molar-refractivity contribution in [1.29, 1.82) is 0 Å². The van der Waals surface area contributed by atoms with E-state index in [1.54, 1.807) is 25.3 Å². The van der Waals surface area contributed by atoms with Gasteiger partial charge in [0.25, 0.3) is 0 Å². The summed E-state index contributed by atoms with van der Waals surface area (Å²) in [5.41, 5.74) is 0.724. The van der Waals surface area contributed by atoms with Gasteiger partial charge >= 0.3 is 5.97 Å². The van der Waals surface area contributed by atoms with E-state index in [-0.39, 0.29) is 0 Å². The second kappa shape index (κ2) is 4.35. The lowest BCUT2D eigenvalue weighted by Gasteiger charge is -2.24. The van der Waals surface area contributed by atoms with Gasteiger partial charge < -0.3 is 9.84 Å². The summed E-state index contributed by atoms with van der Waals surface area (Å²) in [5, 5.41) is 12.4. The fourth-order valence-corrected chi connectivity index (χ4v) is 2.90. The third-order valence-electron chi connectivity index (χ3n) is 2.57. The molecule has 1 aromatic rings. The van der Waals surface area contributed by atoms with Gasteiger partial charge in [-0.25, -0.2) is 4.79 Å². The Hall–Kier alpha value is -1.20. The van der Waals surface area contributed by atoms with Gasteiger partial charge in [0.15, 0.2) is 4.87 Å². The van der Waals surface area contributed by atoms with Gasteiger partial charge in [0.05, 0.1) is 7.11 Å². The van der Waals surface area contributed by atoms with Gasteiger partial charge in [0.1, 0.15) is 5.75 Å². The molecule has 1 aromatic carbocycles. The lowest BCUT2D eigenvalue weighted by Crippen LogP contribution is -2.42. The summed E-state index contributed by atoms with van der Waals surface area (Å²) < 4.78 is 5.11. The van der Waals surface area contributed by atoms with Crippen molar-refractivity contribution < 1.29 is 14.6 Å². The van der Waals surface area contributed by atoms with Crippen LogP contribution in [-0.4, -0.2) is 30.5 Å². The van der Waals surface area contributed by atoms with Crippen molar-refractivity contribution in [3.05, 3.63) is 29.8 Å². The molecule has 0 bridgehead atoms. The summed E-state index contributed by atoms with van der Waals surface area (Å²) in [6, 6.07) is 7.18. The summed E-state index contributed by atoms with van der Waals surface area (Å²) >= 11 is 1.40. The number of nitrogens with one attached hydrogen (secondary N) is 1. The largest absolute Gasteiger partial charge is 0.497 e. The topological polar surface area (TPSA) is 58.6 Å². The van der Waals surface area contributed by atoms with Crippen LogP contribution in [0, 0.1) is 0 Å². The van der Waals surface area contributed by atoms with Gasteiger partial charge in [0, 0.05) is 12.3 Å². The smallest absolute Gasteiger partial charge is 0.339 e. The molecule has 0 spiro atoms. The summed E-state index contributed by atoms with van der Waals surface area (Å²) in [6.07, 6.45) is 0. The Bertz CT molecular complexity index is 402. The molecule has 5 heteroatoms. The van der Waals surface area contributed by atoms with Gasteiger partial charge in [-0.1, -0.05) is 12.1 Å². The first kappa shape index (κ1) is 11.3. The van der Waals surface area contributed by atoms with Crippen LogP contribution < -0.4 is 10.1 Å². The van der Waals surface area contributed by atoms with Crippen LogP contribution in [0.5, 0.6) is 5.75 Å². The highest BCUT2D eigenvalue weighted by Crippen LogP contribution is 2.38. The first-order chi connectivity index (χ1) is 7.69. The van der Waals surface area contributed by atoms with E-state index >= 15 is 0 Å². The van der Waals surface area contributed by atoms with Crippen molar-refractivity contribution in [1.82, 2.24) is 5.32 Å². The van der Waals surface area contributed by atoms with Crippen molar-refractivity contribution in [2.24, 2.45) is 0 Å². The molecule has 0 amide bonds. The molecule has 1 saturated heterocycles. The van der Waals surface area contributed by atoms with E-state index in [1.807, 2.05) is 6.07 Å². The van der Waals surface area contributed by atoms with Gasteiger partial charge in [0.2, 0.25) is 0 Å². The molecular weight excluding hydrogens is 226 g/mol. The lowest BCUT2D eigenvalue weighted by molar-refractivity contribution is -0.140. The molecule has 16 heavy (non-hydrogen) atoms. The lowest BCUT2D eigenvalue weighted by atomic mass is 10.1. The predicted octanol–water partition coefficient (Wildman–Crippen LogP) is 1.27. The minimum Gasteiger partial charge on any atom is -0.497 e. The highest BCUT2D eigenvalue weighted by molar-refractivity contribution is 8.01. The number of thioether (sulfide) groups is 1. The molecule has 0 saturated carbocycles. The fourth-order valence-electron chi connectivity index (χ4n) is 1.77.